The van der Waals surface area contributed by atoms with Gasteiger partial charge < -0.3 is 4.74 Å². The van der Waals surface area contributed by atoms with Gasteiger partial charge in [-0.25, -0.2) is 4.79 Å². The highest BCUT2D eigenvalue weighted by Crippen LogP contribution is 2.24. The molecule has 3 heteroatoms. The number of carbonyl (C=O) groups is 1. The molecule has 0 aliphatic rings. The van der Waals surface area contributed by atoms with Gasteiger partial charge in [0.25, 0.3) is 0 Å². The zero-order chi connectivity index (χ0) is 12.3. The molecule has 0 heterocycles. The molecule has 2 aromatic rings. The first-order chi connectivity index (χ1) is 8.16. The fourth-order valence-electron chi connectivity index (χ4n) is 1.46. The van der Waals surface area contributed by atoms with Crippen LogP contribution in [0.3, 0.4) is 0 Å². The van der Waals surface area contributed by atoms with Gasteiger partial charge in [-0.05, 0) is 47.1 Å². The van der Waals surface area contributed by atoms with Crippen molar-refractivity contribution < 1.29 is 9.53 Å². The quantitative estimate of drug-likeness (QED) is 0.618. The summed E-state index contributed by atoms with van der Waals surface area (Å²) in [5.74, 6) is 0.180. The Morgan fingerprint density at radius 3 is 2.59 bits per heavy atom. The fourth-order valence-corrected chi connectivity index (χ4v) is 1.82. The fraction of sp³-hybridized carbons (Fsp3) is 0.0714. The molecule has 0 fully saturated rings. The molecular formula is C14H11BrO2. The molecule has 2 rings (SSSR count). The molecule has 0 aliphatic heterocycles. The lowest BCUT2D eigenvalue weighted by Crippen LogP contribution is -2.08. The molecule has 0 unspecified atom stereocenters. The summed E-state index contributed by atoms with van der Waals surface area (Å²) >= 11 is 3.33. The van der Waals surface area contributed by atoms with E-state index in [1.165, 1.54) is 0 Å². The third-order valence-corrected chi connectivity index (χ3v) is 2.95. The van der Waals surface area contributed by atoms with Gasteiger partial charge >= 0.3 is 5.97 Å². The lowest BCUT2D eigenvalue weighted by Gasteiger charge is -2.06. The van der Waals surface area contributed by atoms with Crippen molar-refractivity contribution in [1.82, 2.24) is 0 Å². The summed E-state index contributed by atoms with van der Waals surface area (Å²) in [6.45, 7) is 1.94. The van der Waals surface area contributed by atoms with Gasteiger partial charge in [0.15, 0.2) is 0 Å². The average Bonchev–Trinajstić information content (AvgIpc) is 2.32. The zero-order valence-corrected chi connectivity index (χ0v) is 10.9. The van der Waals surface area contributed by atoms with Crippen molar-refractivity contribution in [2.75, 3.05) is 0 Å². The van der Waals surface area contributed by atoms with Crippen LogP contribution in [0, 0.1) is 6.92 Å². The van der Waals surface area contributed by atoms with Gasteiger partial charge in [0.1, 0.15) is 5.75 Å². The Morgan fingerprint density at radius 2 is 1.88 bits per heavy atom. The van der Waals surface area contributed by atoms with Gasteiger partial charge in [0.2, 0.25) is 0 Å². The van der Waals surface area contributed by atoms with Gasteiger partial charge in [-0.3, -0.25) is 0 Å². The highest BCUT2D eigenvalue weighted by Gasteiger charge is 2.10. The van der Waals surface area contributed by atoms with E-state index in [2.05, 4.69) is 15.9 Å². The molecule has 0 bridgehead atoms. The Bertz CT molecular complexity index is 549. The summed E-state index contributed by atoms with van der Waals surface area (Å²) in [4.78, 5) is 11.9. The largest absolute Gasteiger partial charge is 0.422 e. The highest BCUT2D eigenvalue weighted by atomic mass is 79.9. The van der Waals surface area contributed by atoms with Crippen LogP contribution in [0.4, 0.5) is 0 Å². The number of para-hydroxylation sites is 1. The van der Waals surface area contributed by atoms with E-state index < -0.39 is 0 Å². The van der Waals surface area contributed by atoms with Crippen LogP contribution in [-0.2, 0) is 0 Å². The molecule has 0 atom stereocenters. The third-order valence-electron chi connectivity index (χ3n) is 2.29. The topological polar surface area (TPSA) is 26.3 Å². The summed E-state index contributed by atoms with van der Waals surface area (Å²) < 4.78 is 6.07. The maximum absolute atomic E-state index is 11.9. The second kappa shape index (κ2) is 5.15. The van der Waals surface area contributed by atoms with Crippen LogP contribution in [0.5, 0.6) is 5.75 Å². The number of halogens is 1. The summed E-state index contributed by atoms with van der Waals surface area (Å²) in [6, 6.07) is 14.6. The Labute approximate surface area is 108 Å². The van der Waals surface area contributed by atoms with Crippen LogP contribution in [0.15, 0.2) is 53.0 Å². The third kappa shape index (κ3) is 2.94. The zero-order valence-electron chi connectivity index (χ0n) is 9.31. The molecule has 0 aliphatic carbocycles. The van der Waals surface area contributed by atoms with Crippen LogP contribution in [0.25, 0.3) is 0 Å². The van der Waals surface area contributed by atoms with Crippen LogP contribution in [0.2, 0.25) is 0 Å². The number of hydrogen-bond acceptors (Lipinski definition) is 2. The molecule has 0 amide bonds. The van der Waals surface area contributed by atoms with E-state index in [1.54, 1.807) is 18.2 Å². The first kappa shape index (κ1) is 11.9. The van der Waals surface area contributed by atoms with Crippen molar-refractivity contribution in [3.05, 3.63) is 64.1 Å². The van der Waals surface area contributed by atoms with Gasteiger partial charge in [-0.15, -0.1) is 0 Å². The molecule has 2 aromatic carbocycles. The normalized spacial score (nSPS) is 10.0. The number of aryl methyl sites for hydroxylation is 1. The first-order valence-electron chi connectivity index (χ1n) is 5.20. The minimum Gasteiger partial charge on any atom is -0.422 e. The van der Waals surface area contributed by atoms with Crippen molar-refractivity contribution in [3.8, 4) is 5.75 Å². The Hall–Kier alpha value is -1.61. The van der Waals surface area contributed by atoms with Crippen molar-refractivity contribution in [1.29, 1.82) is 0 Å². The first-order valence-corrected chi connectivity index (χ1v) is 5.99. The highest BCUT2D eigenvalue weighted by molar-refractivity contribution is 9.10. The van der Waals surface area contributed by atoms with E-state index in [9.17, 15) is 4.79 Å². The van der Waals surface area contributed by atoms with E-state index in [0.29, 0.717) is 11.3 Å². The van der Waals surface area contributed by atoms with Crippen molar-refractivity contribution in [2.45, 2.75) is 6.92 Å². The maximum Gasteiger partial charge on any atom is 0.343 e. The van der Waals surface area contributed by atoms with Gasteiger partial charge in [0, 0.05) is 0 Å². The second-order valence-electron chi connectivity index (χ2n) is 3.69. The molecule has 0 radical (unpaired) electrons. The molecule has 0 aromatic heterocycles. The van der Waals surface area contributed by atoms with Crippen molar-refractivity contribution >= 4 is 21.9 Å². The Kier molecular flexibility index (Phi) is 3.59. The van der Waals surface area contributed by atoms with Crippen LogP contribution in [-0.4, -0.2) is 5.97 Å². The smallest absolute Gasteiger partial charge is 0.343 e. The van der Waals surface area contributed by atoms with Gasteiger partial charge in [-0.1, -0.05) is 29.8 Å². The number of benzene rings is 2. The number of ether oxygens (including phenoxy) is 1. The van der Waals surface area contributed by atoms with E-state index in [4.69, 9.17) is 4.74 Å². The molecule has 2 nitrogen and oxygen atoms in total. The maximum atomic E-state index is 11.9. The van der Waals surface area contributed by atoms with Crippen LogP contribution >= 0.6 is 15.9 Å². The molecule has 0 N–H and O–H groups in total. The van der Waals surface area contributed by atoms with Crippen molar-refractivity contribution in [2.24, 2.45) is 0 Å². The standard InChI is InChI=1S/C14H11BrO2/c1-10-5-4-6-11(9-10)14(16)17-13-8-3-2-7-12(13)15/h2-9H,1H3. The van der Waals surface area contributed by atoms with Crippen molar-refractivity contribution in [3.63, 3.8) is 0 Å². The monoisotopic (exact) mass is 290 g/mol. The molecular weight excluding hydrogens is 280 g/mol. The van der Waals surface area contributed by atoms with E-state index in [1.807, 2.05) is 37.3 Å². The Morgan fingerprint density at radius 1 is 1.12 bits per heavy atom. The van der Waals surface area contributed by atoms with E-state index in [0.717, 1.165) is 10.0 Å². The summed E-state index contributed by atoms with van der Waals surface area (Å²) in [6.07, 6.45) is 0. The number of esters is 1. The minimum atomic E-state index is -0.347. The molecule has 86 valence electrons. The second-order valence-corrected chi connectivity index (χ2v) is 4.54. The number of carbonyl (C=O) groups excluding carboxylic acids is 1. The van der Waals surface area contributed by atoms with Gasteiger partial charge in [0.05, 0.1) is 10.0 Å². The lowest BCUT2D eigenvalue weighted by atomic mass is 10.1. The molecule has 0 spiro atoms. The predicted molar refractivity (Wildman–Crippen MR) is 70.3 cm³/mol. The summed E-state index contributed by atoms with van der Waals surface area (Å²) in [5.41, 5.74) is 1.59. The lowest BCUT2D eigenvalue weighted by molar-refractivity contribution is 0.0733. The molecule has 0 saturated carbocycles. The predicted octanol–water partition coefficient (Wildman–Crippen LogP) is 3.98. The van der Waals surface area contributed by atoms with Crippen LogP contribution in [0.1, 0.15) is 15.9 Å². The summed E-state index contributed by atoms with van der Waals surface area (Å²) in [5, 5.41) is 0. The number of rotatable bonds is 2. The van der Waals surface area contributed by atoms with Gasteiger partial charge in [-0.2, -0.15) is 0 Å². The summed E-state index contributed by atoms with van der Waals surface area (Å²) in [7, 11) is 0. The minimum absolute atomic E-state index is 0.347. The number of hydrogen-bond donors (Lipinski definition) is 0. The Balaban J connectivity index is 2.20. The van der Waals surface area contributed by atoms with E-state index >= 15 is 0 Å². The average molecular weight is 291 g/mol. The SMILES string of the molecule is Cc1cccc(C(=O)Oc2ccccc2Br)c1. The molecule has 0 saturated heterocycles. The van der Waals surface area contributed by atoms with E-state index in [-0.39, 0.29) is 5.97 Å². The molecule has 17 heavy (non-hydrogen) atoms. The van der Waals surface area contributed by atoms with Crippen LogP contribution < -0.4 is 4.74 Å².